The van der Waals surface area contributed by atoms with Crippen LogP contribution in [0.4, 0.5) is 0 Å². The van der Waals surface area contributed by atoms with E-state index in [1.165, 1.54) is 15.8 Å². The predicted octanol–water partition coefficient (Wildman–Crippen LogP) is 3.78. The van der Waals surface area contributed by atoms with Gasteiger partial charge in [0.05, 0.1) is 11.5 Å². The molecule has 7 heteroatoms. The zero-order valence-corrected chi connectivity index (χ0v) is 16.5. The average molecular weight is 379 g/mol. The van der Waals surface area contributed by atoms with Crippen LogP contribution in [0.1, 0.15) is 24.3 Å². The van der Waals surface area contributed by atoms with Gasteiger partial charge in [-0.3, -0.25) is 0 Å². The molecule has 0 atom stereocenters. The molecule has 27 heavy (non-hydrogen) atoms. The van der Waals surface area contributed by atoms with Crippen molar-refractivity contribution in [3.63, 3.8) is 0 Å². The number of likely N-dealkylation sites (N-methyl/N-ethyl adjacent to an activating group) is 1. The van der Waals surface area contributed by atoms with E-state index in [0.29, 0.717) is 5.82 Å². The van der Waals surface area contributed by atoms with Crippen LogP contribution in [0.15, 0.2) is 30.6 Å². The van der Waals surface area contributed by atoms with Crippen molar-refractivity contribution in [2.24, 2.45) is 0 Å². The van der Waals surface area contributed by atoms with E-state index in [1.807, 2.05) is 42.6 Å². The Kier molecular flexibility index (Phi) is 3.87. The van der Waals surface area contributed by atoms with Crippen molar-refractivity contribution >= 4 is 27.2 Å². The Morgan fingerprint density at radius 3 is 2.78 bits per heavy atom. The van der Waals surface area contributed by atoms with Gasteiger partial charge in [-0.1, -0.05) is 0 Å². The van der Waals surface area contributed by atoms with Crippen LogP contribution in [0, 0.1) is 0 Å². The zero-order chi connectivity index (χ0) is 18.5. The minimum absolute atomic E-state index is 0.160. The molecule has 1 aromatic carbocycles. The van der Waals surface area contributed by atoms with Crippen LogP contribution in [-0.2, 0) is 13.0 Å². The highest BCUT2D eigenvalue weighted by atomic mass is 32.1. The summed E-state index contributed by atoms with van der Waals surface area (Å²) in [6, 6.07) is 7.96. The van der Waals surface area contributed by atoms with E-state index in [-0.39, 0.29) is 6.10 Å². The summed E-state index contributed by atoms with van der Waals surface area (Å²) in [7, 11) is 2.16. The van der Waals surface area contributed by atoms with Crippen molar-refractivity contribution in [3.05, 3.63) is 41.0 Å². The van der Waals surface area contributed by atoms with E-state index >= 15 is 0 Å². The van der Waals surface area contributed by atoms with Gasteiger partial charge in [0.15, 0.2) is 11.5 Å². The summed E-state index contributed by atoms with van der Waals surface area (Å²) in [5, 5.41) is 5.83. The molecular formula is C20H21N5OS. The van der Waals surface area contributed by atoms with Crippen LogP contribution >= 0.6 is 11.3 Å². The van der Waals surface area contributed by atoms with Crippen LogP contribution in [0.25, 0.3) is 27.3 Å². The van der Waals surface area contributed by atoms with Crippen molar-refractivity contribution in [2.45, 2.75) is 32.9 Å². The second-order valence-electron chi connectivity index (χ2n) is 7.31. The van der Waals surface area contributed by atoms with E-state index in [0.717, 1.165) is 41.3 Å². The number of hydrogen-bond donors (Lipinski definition) is 0. The lowest BCUT2D eigenvalue weighted by molar-refractivity contribution is 0.242. The van der Waals surface area contributed by atoms with Gasteiger partial charge in [0.1, 0.15) is 16.9 Å². The standard InChI is InChI=1S/C20H21N5OS/c1-12(2)26-14-6-4-13(5-7-14)18-22-19-17-15-8-9-24(3)10-16(15)27-20(17)21-11-25(19)23-18/h4-7,11-12H,8-10H2,1-3H3. The van der Waals surface area contributed by atoms with Gasteiger partial charge >= 0.3 is 0 Å². The highest BCUT2D eigenvalue weighted by Crippen LogP contribution is 2.36. The molecule has 4 heterocycles. The molecule has 0 spiro atoms. The lowest BCUT2D eigenvalue weighted by Gasteiger charge is -2.21. The molecule has 0 radical (unpaired) electrons. The summed E-state index contributed by atoms with van der Waals surface area (Å²) in [5.41, 5.74) is 3.28. The van der Waals surface area contributed by atoms with E-state index in [9.17, 15) is 0 Å². The molecule has 138 valence electrons. The Bertz CT molecular complexity index is 1130. The largest absolute Gasteiger partial charge is 0.491 e. The lowest BCUT2D eigenvalue weighted by Crippen LogP contribution is -2.25. The van der Waals surface area contributed by atoms with Gasteiger partial charge in [-0.15, -0.1) is 16.4 Å². The smallest absolute Gasteiger partial charge is 0.182 e. The van der Waals surface area contributed by atoms with E-state index in [2.05, 4.69) is 22.0 Å². The van der Waals surface area contributed by atoms with Gasteiger partial charge in [-0.2, -0.15) is 0 Å². The summed E-state index contributed by atoms with van der Waals surface area (Å²) < 4.78 is 7.53. The maximum absolute atomic E-state index is 5.72. The Morgan fingerprint density at radius 2 is 2.00 bits per heavy atom. The molecule has 3 aromatic heterocycles. The molecule has 0 saturated heterocycles. The topological polar surface area (TPSA) is 55.6 Å². The molecule has 6 nitrogen and oxygen atoms in total. The number of fused-ring (bicyclic) bond motifs is 5. The van der Waals surface area contributed by atoms with Gasteiger partial charge in [0, 0.05) is 23.5 Å². The fraction of sp³-hybridized carbons (Fsp3) is 0.350. The third kappa shape index (κ3) is 2.87. The summed E-state index contributed by atoms with van der Waals surface area (Å²) in [6.07, 6.45) is 2.97. The van der Waals surface area contributed by atoms with Crippen molar-refractivity contribution in [3.8, 4) is 17.1 Å². The number of aromatic nitrogens is 4. The molecule has 0 fully saturated rings. The molecule has 0 bridgehead atoms. The minimum atomic E-state index is 0.160. The second kappa shape index (κ2) is 6.28. The number of nitrogens with zero attached hydrogens (tertiary/aromatic N) is 5. The third-order valence-corrected chi connectivity index (χ3v) is 5.98. The zero-order valence-electron chi connectivity index (χ0n) is 15.6. The lowest BCUT2D eigenvalue weighted by atomic mass is 10.1. The first-order chi connectivity index (χ1) is 13.1. The van der Waals surface area contributed by atoms with Crippen LogP contribution in [-0.4, -0.2) is 44.2 Å². The molecule has 5 rings (SSSR count). The Balaban J connectivity index is 1.60. The SMILES string of the molecule is CC(C)Oc1ccc(-c2nc3c4c5c(sc4ncn3n2)CN(C)CC5)cc1. The van der Waals surface area contributed by atoms with Crippen molar-refractivity contribution in [1.82, 2.24) is 24.5 Å². The third-order valence-electron chi connectivity index (χ3n) is 4.85. The average Bonchev–Trinajstić information content (AvgIpc) is 3.21. The first-order valence-corrected chi connectivity index (χ1v) is 10.0. The summed E-state index contributed by atoms with van der Waals surface area (Å²) in [4.78, 5) is 14.3. The molecule has 4 aromatic rings. The van der Waals surface area contributed by atoms with Gasteiger partial charge in [-0.25, -0.2) is 14.5 Å². The fourth-order valence-electron chi connectivity index (χ4n) is 3.60. The number of hydrogen-bond acceptors (Lipinski definition) is 6. The summed E-state index contributed by atoms with van der Waals surface area (Å²) >= 11 is 1.78. The van der Waals surface area contributed by atoms with Crippen molar-refractivity contribution in [1.29, 1.82) is 0 Å². The highest BCUT2D eigenvalue weighted by Gasteiger charge is 2.22. The van der Waals surface area contributed by atoms with Gasteiger partial charge in [-0.05, 0) is 57.1 Å². The van der Waals surface area contributed by atoms with Crippen LogP contribution < -0.4 is 4.74 Å². The summed E-state index contributed by atoms with van der Waals surface area (Å²) in [5.74, 6) is 1.57. The molecule has 1 aliphatic rings. The van der Waals surface area contributed by atoms with Gasteiger partial charge in [0.25, 0.3) is 0 Å². The Hall–Kier alpha value is -2.51. The first-order valence-electron chi connectivity index (χ1n) is 9.20. The molecule has 0 unspecified atom stereocenters. The van der Waals surface area contributed by atoms with Crippen LogP contribution in [0.2, 0.25) is 0 Å². The second-order valence-corrected chi connectivity index (χ2v) is 8.39. The molecule has 0 saturated carbocycles. The number of rotatable bonds is 3. The van der Waals surface area contributed by atoms with Gasteiger partial charge < -0.3 is 9.64 Å². The van der Waals surface area contributed by atoms with Crippen molar-refractivity contribution in [2.75, 3.05) is 13.6 Å². The number of ether oxygens (including phenoxy) is 1. The molecular weight excluding hydrogens is 358 g/mol. The van der Waals surface area contributed by atoms with E-state index in [1.54, 1.807) is 17.7 Å². The van der Waals surface area contributed by atoms with Crippen molar-refractivity contribution < 1.29 is 4.74 Å². The van der Waals surface area contributed by atoms with Crippen LogP contribution in [0.5, 0.6) is 5.75 Å². The molecule has 0 amide bonds. The maximum Gasteiger partial charge on any atom is 0.182 e. The first kappa shape index (κ1) is 16.6. The molecule has 1 aliphatic heterocycles. The number of thiophene rings is 1. The monoisotopic (exact) mass is 379 g/mol. The fourth-order valence-corrected chi connectivity index (χ4v) is 4.86. The Labute approximate surface area is 161 Å². The molecule has 0 aliphatic carbocycles. The van der Waals surface area contributed by atoms with Gasteiger partial charge in [0.2, 0.25) is 0 Å². The quantitative estimate of drug-likeness (QED) is 0.542. The predicted molar refractivity (Wildman–Crippen MR) is 107 cm³/mol. The normalized spacial score (nSPS) is 15.0. The highest BCUT2D eigenvalue weighted by molar-refractivity contribution is 7.19. The minimum Gasteiger partial charge on any atom is -0.491 e. The number of benzene rings is 1. The molecule has 0 N–H and O–H groups in total. The van der Waals surface area contributed by atoms with Crippen LogP contribution in [0.3, 0.4) is 0 Å². The Morgan fingerprint density at radius 1 is 1.19 bits per heavy atom. The summed E-state index contributed by atoms with van der Waals surface area (Å²) in [6.45, 7) is 6.10. The van der Waals surface area contributed by atoms with E-state index < -0.39 is 0 Å². The maximum atomic E-state index is 5.72. The van der Waals surface area contributed by atoms with E-state index in [4.69, 9.17) is 9.72 Å².